The van der Waals surface area contributed by atoms with Gasteiger partial charge in [0.25, 0.3) is 0 Å². The fraction of sp³-hybridized carbons (Fsp3) is 0.519. The molecule has 10 heteroatoms. The molecule has 2 N–H and O–H groups in total. The predicted octanol–water partition coefficient (Wildman–Crippen LogP) is 5.81. The van der Waals surface area contributed by atoms with E-state index in [1.54, 1.807) is 0 Å². The molecule has 4 unspecified atom stereocenters. The van der Waals surface area contributed by atoms with Gasteiger partial charge in [-0.1, -0.05) is 29.8 Å². The smallest absolute Gasteiger partial charge is 0.372 e. The molecule has 2 aromatic carbocycles. The Morgan fingerprint density at radius 2 is 1.70 bits per heavy atom. The fourth-order valence-corrected chi connectivity index (χ4v) is 5.50. The third kappa shape index (κ3) is 6.46. The van der Waals surface area contributed by atoms with E-state index in [1.165, 1.54) is 0 Å². The van der Waals surface area contributed by atoms with Crippen molar-refractivity contribution in [1.82, 2.24) is 10.6 Å². The van der Waals surface area contributed by atoms with E-state index in [0.717, 1.165) is 11.1 Å². The third-order valence-corrected chi connectivity index (χ3v) is 7.33. The van der Waals surface area contributed by atoms with Crippen molar-refractivity contribution in [3.05, 3.63) is 70.3 Å². The highest BCUT2D eigenvalue weighted by molar-refractivity contribution is 5.80. The lowest BCUT2D eigenvalue weighted by molar-refractivity contribution is -0.143. The predicted molar refractivity (Wildman–Crippen MR) is 126 cm³/mol. The molecule has 2 aliphatic rings. The maximum Gasteiger partial charge on any atom is 0.416 e. The van der Waals surface area contributed by atoms with Gasteiger partial charge in [-0.25, -0.2) is 0 Å². The van der Waals surface area contributed by atoms with Crippen LogP contribution in [-0.4, -0.2) is 30.1 Å². The van der Waals surface area contributed by atoms with E-state index in [1.807, 2.05) is 32.0 Å². The van der Waals surface area contributed by atoms with Gasteiger partial charge in [-0.05, 0) is 68.9 Å². The van der Waals surface area contributed by atoms with Gasteiger partial charge in [0.05, 0.1) is 29.8 Å². The number of benzene rings is 2. The van der Waals surface area contributed by atoms with Crippen LogP contribution in [-0.2, 0) is 34.9 Å². The number of nitrogens with one attached hydrogen (secondary N) is 2. The molecular formula is C27H30F6N2O2. The minimum atomic E-state index is -4.91. The summed E-state index contributed by atoms with van der Waals surface area (Å²) in [6, 6.07) is 9.49. The van der Waals surface area contributed by atoms with Gasteiger partial charge in [-0.3, -0.25) is 4.79 Å². The van der Waals surface area contributed by atoms with Crippen LogP contribution in [0.1, 0.15) is 54.0 Å². The Balaban J connectivity index is 1.37. The van der Waals surface area contributed by atoms with Crippen molar-refractivity contribution in [2.75, 3.05) is 6.54 Å². The second kappa shape index (κ2) is 10.3. The standard InChI is InChI=1S/C27H30F6N2O2/c1-16-4-3-5-17(10-16)8-9-34-24(36)21-14-25(2)23(7-6-22(21)35-25)37-15-18-11-19(26(28,29)30)13-20(12-18)27(31,32)33/h3-5,10-13,21-23,35H,6-9,14-15H2,1-2H3,(H,34,36). The Kier molecular flexibility index (Phi) is 7.63. The number of aryl methyl sites for hydroxylation is 1. The van der Waals surface area contributed by atoms with Crippen LogP contribution in [0.3, 0.4) is 0 Å². The third-order valence-electron chi connectivity index (χ3n) is 7.33. The van der Waals surface area contributed by atoms with E-state index in [0.29, 0.717) is 44.4 Å². The van der Waals surface area contributed by atoms with E-state index in [4.69, 9.17) is 4.74 Å². The lowest BCUT2D eigenvalue weighted by Gasteiger charge is -2.39. The number of carbonyl (C=O) groups excluding carboxylic acids is 1. The Morgan fingerprint density at radius 3 is 2.32 bits per heavy atom. The van der Waals surface area contributed by atoms with Crippen LogP contribution >= 0.6 is 0 Å². The number of alkyl halides is 6. The molecule has 2 aliphatic heterocycles. The molecule has 4 rings (SSSR count). The average molecular weight is 529 g/mol. The quantitative estimate of drug-likeness (QED) is 0.446. The first kappa shape index (κ1) is 27.4. The molecule has 2 saturated heterocycles. The maximum absolute atomic E-state index is 13.2. The Morgan fingerprint density at radius 1 is 1.03 bits per heavy atom. The van der Waals surface area contributed by atoms with Gasteiger partial charge < -0.3 is 15.4 Å². The second-order valence-electron chi connectivity index (χ2n) is 10.3. The van der Waals surface area contributed by atoms with Crippen LogP contribution < -0.4 is 10.6 Å². The summed E-state index contributed by atoms with van der Waals surface area (Å²) in [6.07, 6.45) is -7.94. The van der Waals surface area contributed by atoms with E-state index in [2.05, 4.69) is 16.7 Å². The molecule has 2 fully saturated rings. The highest BCUT2D eigenvalue weighted by Crippen LogP contribution is 2.42. The lowest BCUT2D eigenvalue weighted by Crippen LogP contribution is -2.55. The van der Waals surface area contributed by atoms with Gasteiger partial charge in [0.15, 0.2) is 0 Å². The summed E-state index contributed by atoms with van der Waals surface area (Å²) in [5, 5.41) is 6.43. The van der Waals surface area contributed by atoms with Gasteiger partial charge in [0, 0.05) is 18.1 Å². The number of amides is 1. The topological polar surface area (TPSA) is 50.4 Å². The Labute approximate surface area is 211 Å². The Bertz CT molecular complexity index is 1100. The molecule has 2 bridgehead atoms. The number of ether oxygens (including phenoxy) is 1. The highest BCUT2D eigenvalue weighted by Gasteiger charge is 2.52. The van der Waals surface area contributed by atoms with Crippen molar-refractivity contribution >= 4 is 5.91 Å². The van der Waals surface area contributed by atoms with Crippen molar-refractivity contribution in [3.63, 3.8) is 0 Å². The summed E-state index contributed by atoms with van der Waals surface area (Å²) in [5.41, 5.74) is -1.26. The number of hydrogen-bond acceptors (Lipinski definition) is 3. The Hall–Kier alpha value is -2.59. The SMILES string of the molecule is Cc1cccc(CCNC(=O)C2CC3(C)NC2CCC3OCc2cc(C(F)(F)F)cc(C(F)(F)F)c2)c1. The first-order chi connectivity index (χ1) is 17.2. The number of carbonyl (C=O) groups is 1. The summed E-state index contributed by atoms with van der Waals surface area (Å²) in [7, 11) is 0. The molecule has 2 aromatic rings. The molecule has 4 atom stereocenters. The second-order valence-corrected chi connectivity index (χ2v) is 10.3. The molecule has 0 saturated carbocycles. The lowest BCUT2D eigenvalue weighted by atomic mass is 9.88. The average Bonchev–Trinajstić information content (AvgIpc) is 3.08. The van der Waals surface area contributed by atoms with E-state index < -0.39 is 41.7 Å². The van der Waals surface area contributed by atoms with Crippen molar-refractivity contribution in [3.8, 4) is 0 Å². The molecule has 4 nitrogen and oxygen atoms in total. The van der Waals surface area contributed by atoms with E-state index in [9.17, 15) is 31.1 Å². The molecule has 0 aromatic heterocycles. The summed E-state index contributed by atoms with van der Waals surface area (Å²) in [5.74, 6) is -0.358. The van der Waals surface area contributed by atoms with Crippen LogP contribution in [0.4, 0.5) is 26.3 Å². The molecular weight excluding hydrogens is 498 g/mol. The summed E-state index contributed by atoms with van der Waals surface area (Å²) < 4.78 is 85.0. The number of hydrogen-bond donors (Lipinski definition) is 2. The number of rotatable bonds is 7. The molecule has 2 heterocycles. The van der Waals surface area contributed by atoms with Gasteiger partial charge in [-0.15, -0.1) is 0 Å². The normalized spacial score (nSPS) is 25.8. The first-order valence-electron chi connectivity index (χ1n) is 12.3. The van der Waals surface area contributed by atoms with Crippen molar-refractivity contribution in [1.29, 1.82) is 0 Å². The van der Waals surface area contributed by atoms with Crippen LogP contribution in [0.15, 0.2) is 42.5 Å². The fourth-order valence-electron chi connectivity index (χ4n) is 5.50. The van der Waals surface area contributed by atoms with Crippen molar-refractivity contribution in [2.24, 2.45) is 5.92 Å². The first-order valence-corrected chi connectivity index (χ1v) is 12.3. The zero-order chi connectivity index (χ0) is 27.0. The van der Waals surface area contributed by atoms with Crippen LogP contribution in [0.25, 0.3) is 0 Å². The van der Waals surface area contributed by atoms with Gasteiger partial charge in [0.1, 0.15) is 0 Å². The minimum absolute atomic E-state index is 0.0609. The zero-order valence-electron chi connectivity index (χ0n) is 20.6. The largest absolute Gasteiger partial charge is 0.416 e. The van der Waals surface area contributed by atoms with Crippen molar-refractivity contribution < 1.29 is 35.9 Å². The maximum atomic E-state index is 13.2. The molecule has 0 radical (unpaired) electrons. The van der Waals surface area contributed by atoms with Crippen LogP contribution in [0.5, 0.6) is 0 Å². The molecule has 0 aliphatic carbocycles. The number of piperidine rings is 1. The van der Waals surface area contributed by atoms with Gasteiger partial charge in [-0.2, -0.15) is 26.3 Å². The summed E-state index contributed by atoms with van der Waals surface area (Å²) >= 11 is 0. The zero-order valence-corrected chi connectivity index (χ0v) is 20.6. The van der Waals surface area contributed by atoms with Gasteiger partial charge >= 0.3 is 12.4 Å². The minimum Gasteiger partial charge on any atom is -0.372 e. The molecule has 202 valence electrons. The van der Waals surface area contributed by atoms with Crippen LogP contribution in [0.2, 0.25) is 0 Å². The molecule has 37 heavy (non-hydrogen) atoms. The van der Waals surface area contributed by atoms with E-state index in [-0.39, 0.29) is 29.5 Å². The summed E-state index contributed by atoms with van der Waals surface area (Å²) in [4.78, 5) is 12.9. The summed E-state index contributed by atoms with van der Waals surface area (Å²) in [6.45, 7) is 4.00. The van der Waals surface area contributed by atoms with Gasteiger partial charge in [0.2, 0.25) is 5.91 Å². The van der Waals surface area contributed by atoms with E-state index >= 15 is 0 Å². The highest BCUT2D eigenvalue weighted by atomic mass is 19.4. The van der Waals surface area contributed by atoms with Crippen LogP contribution in [0, 0.1) is 12.8 Å². The molecule has 0 spiro atoms. The van der Waals surface area contributed by atoms with Crippen molar-refractivity contribution in [2.45, 2.75) is 76.2 Å². The monoisotopic (exact) mass is 528 g/mol. The number of fused-ring (bicyclic) bond motifs is 2. The number of halogens is 6. The molecule has 1 amide bonds.